The molecule has 0 radical (unpaired) electrons. The van der Waals surface area contributed by atoms with Gasteiger partial charge in [0.15, 0.2) is 10.9 Å². The van der Waals surface area contributed by atoms with Gasteiger partial charge in [-0.25, -0.2) is 57.8 Å². The number of ketones is 2. The number of imide groups is 1. The second kappa shape index (κ2) is 138. The zero-order valence-corrected chi connectivity index (χ0v) is 92.0. The van der Waals surface area contributed by atoms with E-state index in [0.29, 0.717) is 16.6 Å². The molecular formula is C82H174N26O24S4. The third-order valence-corrected chi connectivity index (χ3v) is 13.6. The summed E-state index contributed by atoms with van der Waals surface area (Å²) in [5, 5.41) is 37.9. The molecule has 0 aliphatic carbocycles. The quantitative estimate of drug-likeness (QED) is 0.0311. The number of nitrogens with zero attached hydrogens (tertiary/aromatic N) is 5. The second-order valence-corrected chi connectivity index (χ2v) is 29.2. The Labute approximate surface area is 819 Å². The normalized spacial score (nSPS) is 9.69. The van der Waals surface area contributed by atoms with E-state index >= 15 is 0 Å². The van der Waals surface area contributed by atoms with Crippen molar-refractivity contribution in [3.05, 3.63) is 46.4 Å². The van der Waals surface area contributed by atoms with Crippen molar-refractivity contribution in [2.45, 2.75) is 220 Å². The lowest BCUT2D eigenvalue weighted by atomic mass is 10.3. The smallest absolute Gasteiger partial charge is 0.314 e. The first-order valence-electron chi connectivity index (χ1n) is 41.2. The Hall–Kier alpha value is -12.0. The van der Waals surface area contributed by atoms with E-state index in [1.807, 2.05) is 86.9 Å². The summed E-state index contributed by atoms with van der Waals surface area (Å²) in [5.74, 6) is -1.33. The van der Waals surface area contributed by atoms with Crippen molar-refractivity contribution in [2.24, 2.45) is 15.3 Å². The van der Waals surface area contributed by atoms with Crippen LogP contribution in [0.2, 0.25) is 0 Å². The van der Waals surface area contributed by atoms with E-state index in [2.05, 4.69) is 143 Å². The number of anilines is 1. The number of aryl methyl sites for hydroxylation is 1. The topological polar surface area (TPSA) is 708 Å². The number of Topliss-reactive ketones (excluding diaryl/α,β-unsaturated/α-hetero) is 1. The summed E-state index contributed by atoms with van der Waals surface area (Å²) in [7, 11) is 11.5. The number of rotatable bonds is 19. The van der Waals surface area contributed by atoms with Gasteiger partial charge in [-0.05, 0) is 141 Å². The van der Waals surface area contributed by atoms with Crippen LogP contribution in [0, 0.1) is 6.92 Å². The molecule has 0 bridgehead atoms. The summed E-state index contributed by atoms with van der Waals surface area (Å²) in [6.07, 6.45) is 18.6. The predicted molar refractivity (Wildman–Crippen MR) is 548 cm³/mol. The van der Waals surface area contributed by atoms with Crippen molar-refractivity contribution < 1.29 is 113 Å². The Morgan fingerprint density at radius 1 is 0.463 bits per heavy atom. The van der Waals surface area contributed by atoms with Crippen LogP contribution in [-0.4, -0.2) is 286 Å². The molecule has 0 spiro atoms. The number of esters is 1. The molecule has 136 heavy (non-hydrogen) atoms. The van der Waals surface area contributed by atoms with Gasteiger partial charge in [-0.3, -0.25) is 108 Å². The molecule has 1 aliphatic heterocycles. The number of thiazole rings is 1. The minimum absolute atomic E-state index is 0.00463. The Morgan fingerprint density at radius 2 is 0.831 bits per heavy atom. The van der Waals surface area contributed by atoms with Crippen molar-refractivity contribution in [3.8, 4) is 0 Å². The van der Waals surface area contributed by atoms with Crippen molar-refractivity contribution in [2.75, 3.05) is 135 Å². The first kappa shape index (κ1) is 170. The number of methoxy groups -OCH3 is 1. The van der Waals surface area contributed by atoms with Crippen LogP contribution in [0.25, 0.3) is 0 Å². The number of sulfonamides is 2. The summed E-state index contributed by atoms with van der Waals surface area (Å²) in [6, 6.07) is -0.157. The van der Waals surface area contributed by atoms with Crippen LogP contribution in [0.1, 0.15) is 219 Å². The van der Waals surface area contributed by atoms with E-state index in [1.54, 1.807) is 95.3 Å². The van der Waals surface area contributed by atoms with Gasteiger partial charge in [-0.2, -0.15) is 15.3 Å². The number of carbonyl (C=O) groups excluding carboxylic acids is 19. The number of thioether (sulfide) groups is 1. The van der Waals surface area contributed by atoms with Gasteiger partial charge in [0, 0.05) is 196 Å². The Bertz CT molecular complexity index is 3490. The number of aromatic nitrogens is 1. The summed E-state index contributed by atoms with van der Waals surface area (Å²) < 4.78 is 47.8. The first-order valence-corrected chi connectivity index (χ1v) is 46.7. The van der Waals surface area contributed by atoms with Gasteiger partial charge < -0.3 is 68.1 Å². The van der Waals surface area contributed by atoms with Crippen molar-refractivity contribution in [1.29, 1.82) is 0 Å². The molecule has 0 saturated carbocycles. The van der Waals surface area contributed by atoms with E-state index in [-0.39, 0.29) is 118 Å². The molecule has 21 N–H and O–H groups in total. The lowest BCUT2D eigenvalue weighted by Gasteiger charge is -2.06. The molecule has 54 heteroatoms. The fourth-order valence-electron chi connectivity index (χ4n) is 3.99. The highest BCUT2D eigenvalue weighted by molar-refractivity contribution is 8.18. The van der Waals surface area contributed by atoms with Crippen molar-refractivity contribution >= 4 is 178 Å². The number of urea groups is 1. The number of allylic oxidation sites excluding steroid dienone is 5. The van der Waals surface area contributed by atoms with Gasteiger partial charge in [0.2, 0.25) is 96.8 Å². The number of likely N-dealkylation sites (N-methyl/N-ethyl adjacent to an activating group) is 2. The standard InChI is InChI=1S/C7H9NO2S.C6H8N2OS.C5H10N2O2.C5H11NO.C5H10O.C5H8O.C4H8N2O2.C4H10N2O.2C4H8N2O.C4H9NO.C4H8.2C3H8N2O.C3H8N2.2C3H7NO.C3H9N.C3H6O2.2C2H7NO2S/c1-3-5-6(9)8(4-2)7(10)11-5;1-4-3-10-6(7-4)8-5(2)9;1-4(8)7-3-5(9)6-2;1-3-4-6-5(2)7;2*1-3-4-5(2)6;1-3(7)5-6-4(2)8;3*1-3-5-6-4(2)7;1-3-5-4(2)6;1-3-4-2;1-4-3(6)5-2;1-3(6)5-4-2;1-3-5-4-2;2*1-3(5)4-2;1-3-4-2;1-3(4)5-2;2*1-3-6(2,4)5/h3H,4H2,1-2H3;3H,1-2H3,(H,7,8,9);3H2,1-2H3,(H,6,9)(H,7,8);3-4H2,1-2H3,(H,6,7);3-4H2,1-2H3;3-4H,1-2H3;1-2H3,(H,5,7)(H,6,8);5H,3H2,1-2H3,(H,6,7);2*3H,1-2H3,(H,6,7);3H2,1-2H3,(H,5,6);3-4H,1-2H3;1-2H3,(H2,4,5,6);4H,1-2H3,(H,5,6);3-4H,1-2H3;2*1-2H3,(H,4,5);4H,3H2,1-2H3;1-2H3;2*3H,1-2H3/b5-3-;;;;;4-3+;;;;;;4-3+;;;;;;;;;. The lowest BCUT2D eigenvalue weighted by molar-refractivity contribution is -0.138. The maximum Gasteiger partial charge on any atom is 0.314 e. The minimum atomic E-state index is -2.91. The summed E-state index contributed by atoms with van der Waals surface area (Å²) in [4.78, 5) is 198. The van der Waals surface area contributed by atoms with Crippen molar-refractivity contribution in [1.82, 2.24) is 116 Å². The number of hydrogen-bond acceptors (Lipinski definition) is 34. The molecule has 0 aromatic carbocycles. The van der Waals surface area contributed by atoms with Gasteiger partial charge >= 0.3 is 12.0 Å². The van der Waals surface area contributed by atoms with E-state index < -0.39 is 20.0 Å². The largest absolute Gasteiger partial charge is 0.469 e. The molecule has 1 aliphatic rings. The first-order chi connectivity index (χ1) is 62.8. The van der Waals surface area contributed by atoms with Crippen molar-refractivity contribution in [3.63, 3.8) is 0 Å². The third kappa shape index (κ3) is 272. The van der Waals surface area contributed by atoms with Crippen LogP contribution in [0.4, 0.5) is 14.7 Å². The monoisotopic (exact) mass is 2040 g/mol. The van der Waals surface area contributed by atoms with Gasteiger partial charge in [-0.1, -0.05) is 52.0 Å². The molecule has 1 aromatic rings. The Balaban J connectivity index is -0.0000000625. The van der Waals surface area contributed by atoms with Gasteiger partial charge in [0.25, 0.3) is 11.1 Å². The number of amides is 17. The van der Waals surface area contributed by atoms with E-state index in [1.165, 1.54) is 160 Å². The molecule has 2 rings (SSSR count). The number of hydrazine groups is 3. The molecular weight excluding hydrogens is 1860 g/mol. The van der Waals surface area contributed by atoms with Crippen LogP contribution < -0.4 is 111 Å². The average molecular weight is 2040 g/mol. The molecule has 17 amide bonds. The summed E-state index contributed by atoms with van der Waals surface area (Å²) in [6.45, 7) is 52.0. The lowest BCUT2D eigenvalue weighted by Crippen LogP contribution is -2.38. The molecule has 1 fully saturated rings. The van der Waals surface area contributed by atoms with Crippen LogP contribution in [0.3, 0.4) is 0 Å². The SMILES string of the molecule is C/C=C/C.C/C=C/C(C)=O.C/C=C1\SC(=O)N(CC)C1=O.CC(=O)NNC(C)=O.CC(=O)Nc1nc(C)cs1.CC=NNC.CC=NNC(C)=O.CC=NNC(C)=O.CCCC(C)=O.CCCNC(C)=O.CCNC.CCNC(C)=O.CCNNC(C)=O.CNC(=O)CNC(C)=O.CNC(=O)NC.CNC(C)=O.CNC(C)=O.CNNC(C)=O.CNS(C)(=O)=O.CNS(C)(=O)=O.COC(C)=O. The zero-order chi connectivity index (χ0) is 112. The molecule has 1 aromatic heterocycles. The Kier molecular flexibility index (Phi) is 173. The third-order valence-electron chi connectivity index (χ3n) is 10.2. The minimum Gasteiger partial charge on any atom is -0.469 e. The maximum absolute atomic E-state index is 11.2. The second-order valence-electron chi connectivity index (χ2n) is 23.5. The van der Waals surface area contributed by atoms with Crippen LogP contribution in [-0.2, 0) is 106 Å². The fraction of sp³-hybridized carbons (Fsp3) is 0.622. The molecule has 0 unspecified atom stereocenters. The Morgan fingerprint density at radius 3 is 0.934 bits per heavy atom. The van der Waals surface area contributed by atoms with Gasteiger partial charge in [-0.15, -0.1) is 11.3 Å². The van der Waals surface area contributed by atoms with Crippen LogP contribution >= 0.6 is 23.1 Å². The van der Waals surface area contributed by atoms with E-state index in [4.69, 9.17) is 0 Å². The fourth-order valence-corrected chi connectivity index (χ4v) is 5.55. The highest BCUT2D eigenvalue weighted by atomic mass is 32.2. The molecule has 0 atom stereocenters. The van der Waals surface area contributed by atoms with E-state index in [9.17, 15) is 108 Å². The zero-order valence-electron chi connectivity index (χ0n) is 88.7. The van der Waals surface area contributed by atoms with Gasteiger partial charge in [0.05, 0.1) is 36.8 Å². The van der Waals surface area contributed by atoms with E-state index in [0.717, 1.165) is 75.4 Å². The average Bonchev–Trinajstić information content (AvgIpc) is 1.70. The maximum atomic E-state index is 11.2. The summed E-state index contributed by atoms with van der Waals surface area (Å²) in [5.41, 5.74) is 22.0. The predicted octanol–water partition coefficient (Wildman–Crippen LogP) is 3.00. The summed E-state index contributed by atoms with van der Waals surface area (Å²) >= 11 is 2.44. The number of nitrogens with one attached hydrogen (secondary N) is 21. The highest BCUT2D eigenvalue weighted by Crippen LogP contribution is 2.29. The van der Waals surface area contributed by atoms with Crippen LogP contribution in [0.15, 0.2) is 56.0 Å². The molecule has 800 valence electrons. The number of ether oxygens (including phenoxy) is 1. The molecule has 1 saturated heterocycles. The molecule has 50 nitrogen and oxygen atoms in total. The molecule has 2 heterocycles. The number of hydrazone groups is 3. The van der Waals surface area contributed by atoms with Gasteiger partial charge in [0.1, 0.15) is 5.78 Å². The highest BCUT2D eigenvalue weighted by Gasteiger charge is 2.32. The number of hydrogen-bond donors (Lipinski definition) is 21. The van der Waals surface area contributed by atoms with Crippen LogP contribution in [0.5, 0.6) is 0 Å². The number of carbonyl (C=O) groups is 19.